The van der Waals surface area contributed by atoms with Crippen molar-refractivity contribution in [2.75, 3.05) is 0 Å². The Hall–Kier alpha value is -2.04. The van der Waals surface area contributed by atoms with E-state index in [2.05, 4.69) is 5.32 Å². The Kier molecular flexibility index (Phi) is 4.27. The third-order valence-electron chi connectivity index (χ3n) is 3.94. The molecule has 2 rings (SSSR count). The van der Waals surface area contributed by atoms with E-state index in [1.807, 2.05) is 13.8 Å². The highest BCUT2D eigenvalue weighted by Crippen LogP contribution is 2.34. The number of nitrogens with one attached hydrogen (secondary N) is 1. The molecule has 5 nitrogen and oxygen atoms in total. The Morgan fingerprint density at radius 3 is 2.50 bits per heavy atom. The Morgan fingerprint density at radius 2 is 1.95 bits per heavy atom. The second-order valence-corrected chi connectivity index (χ2v) is 5.32. The van der Waals surface area contributed by atoms with Crippen LogP contribution in [0.4, 0.5) is 0 Å². The maximum Gasteiger partial charge on any atom is 0.307 e. The summed E-state index contributed by atoms with van der Waals surface area (Å²) in [5.74, 6) is -1.62. The van der Waals surface area contributed by atoms with Crippen molar-refractivity contribution in [2.45, 2.75) is 33.2 Å². The minimum absolute atomic E-state index is 0.222. The lowest BCUT2D eigenvalue weighted by molar-refractivity contribution is -0.147. The quantitative estimate of drug-likeness (QED) is 0.828. The third kappa shape index (κ3) is 3.10. The number of hydrogen-bond acceptors (Lipinski definition) is 3. The maximum atomic E-state index is 12.2. The fourth-order valence-corrected chi connectivity index (χ4v) is 2.55. The van der Waals surface area contributed by atoms with Gasteiger partial charge in [0.15, 0.2) is 0 Å². The third-order valence-corrected chi connectivity index (χ3v) is 3.94. The molecule has 5 heteroatoms. The number of rotatable bonds is 4. The van der Waals surface area contributed by atoms with E-state index in [4.69, 9.17) is 4.42 Å². The van der Waals surface area contributed by atoms with Gasteiger partial charge in [0.25, 0.3) is 0 Å². The smallest absolute Gasteiger partial charge is 0.307 e. The predicted molar refractivity (Wildman–Crippen MR) is 72.8 cm³/mol. The first kappa shape index (κ1) is 14.4. The van der Waals surface area contributed by atoms with Gasteiger partial charge in [0.2, 0.25) is 5.91 Å². The van der Waals surface area contributed by atoms with Gasteiger partial charge in [-0.25, -0.2) is 0 Å². The van der Waals surface area contributed by atoms with Gasteiger partial charge in [-0.15, -0.1) is 0 Å². The topological polar surface area (TPSA) is 79.5 Å². The summed E-state index contributed by atoms with van der Waals surface area (Å²) in [5, 5.41) is 12.0. The fourth-order valence-electron chi connectivity index (χ4n) is 2.55. The summed E-state index contributed by atoms with van der Waals surface area (Å²) in [5.41, 5.74) is 2.19. The summed E-state index contributed by atoms with van der Waals surface area (Å²) in [6.07, 6.45) is 2.49. The first-order valence-corrected chi connectivity index (χ1v) is 6.67. The number of furan rings is 1. The van der Waals surface area contributed by atoms with Crippen molar-refractivity contribution in [3.63, 3.8) is 0 Å². The standard InChI is InChI=1S/C15H19NO4/c1-9-6-12(13(15(18)19)7-10(9)2)14(17)16-8-11-4-3-5-20-11/h3-5,12-13H,6-8H2,1-2H3,(H,16,17)(H,18,19)/t12-,13-/m0/s1. The Balaban J connectivity index is 2.04. The second kappa shape index (κ2) is 5.94. The van der Waals surface area contributed by atoms with Crippen LogP contribution in [0.1, 0.15) is 32.4 Å². The van der Waals surface area contributed by atoms with Gasteiger partial charge in [0.05, 0.1) is 24.6 Å². The van der Waals surface area contributed by atoms with Crippen LogP contribution < -0.4 is 5.32 Å². The lowest BCUT2D eigenvalue weighted by atomic mass is 9.76. The van der Waals surface area contributed by atoms with Crippen molar-refractivity contribution < 1.29 is 19.1 Å². The highest BCUT2D eigenvalue weighted by atomic mass is 16.4. The monoisotopic (exact) mass is 277 g/mol. The highest BCUT2D eigenvalue weighted by molar-refractivity contribution is 5.85. The van der Waals surface area contributed by atoms with Crippen LogP contribution in [0.2, 0.25) is 0 Å². The molecule has 1 aromatic rings. The number of carboxylic acid groups (broad SMARTS) is 1. The predicted octanol–water partition coefficient (Wildman–Crippen LogP) is 2.34. The zero-order valence-corrected chi connectivity index (χ0v) is 11.7. The van der Waals surface area contributed by atoms with Gasteiger partial charge in [-0.1, -0.05) is 11.1 Å². The highest BCUT2D eigenvalue weighted by Gasteiger charge is 2.37. The number of carboxylic acids is 1. The average molecular weight is 277 g/mol. The zero-order chi connectivity index (χ0) is 14.7. The molecule has 20 heavy (non-hydrogen) atoms. The molecule has 1 aliphatic carbocycles. The van der Waals surface area contributed by atoms with Gasteiger partial charge < -0.3 is 14.8 Å². The van der Waals surface area contributed by atoms with Crippen molar-refractivity contribution in [1.82, 2.24) is 5.32 Å². The molecule has 0 bridgehead atoms. The molecule has 1 heterocycles. The van der Waals surface area contributed by atoms with Crippen molar-refractivity contribution in [2.24, 2.45) is 11.8 Å². The summed E-state index contributed by atoms with van der Waals surface area (Å²) >= 11 is 0. The molecule has 0 fully saturated rings. The molecular formula is C15H19NO4. The number of carbonyl (C=O) groups excluding carboxylic acids is 1. The SMILES string of the molecule is CC1=C(C)C[C@H](C(=O)NCc2ccco2)[C@@H](C(=O)O)C1. The number of hydrogen-bond donors (Lipinski definition) is 2. The van der Waals surface area contributed by atoms with Gasteiger partial charge in [-0.2, -0.15) is 0 Å². The van der Waals surface area contributed by atoms with Crippen LogP contribution in [-0.2, 0) is 16.1 Å². The van der Waals surface area contributed by atoms with E-state index in [0.717, 1.165) is 11.1 Å². The van der Waals surface area contributed by atoms with Crippen LogP contribution in [0.5, 0.6) is 0 Å². The van der Waals surface area contributed by atoms with E-state index in [1.165, 1.54) is 0 Å². The Bertz CT molecular complexity index is 530. The molecule has 0 radical (unpaired) electrons. The molecule has 0 saturated heterocycles. The summed E-state index contributed by atoms with van der Waals surface area (Å²) in [6.45, 7) is 4.18. The molecular weight excluding hydrogens is 258 g/mol. The van der Waals surface area contributed by atoms with Crippen LogP contribution in [0, 0.1) is 11.8 Å². The van der Waals surface area contributed by atoms with E-state index in [1.54, 1.807) is 18.4 Å². The van der Waals surface area contributed by atoms with Crippen LogP contribution in [0.15, 0.2) is 34.0 Å². The largest absolute Gasteiger partial charge is 0.481 e. The normalized spacial score (nSPS) is 22.7. The first-order valence-electron chi connectivity index (χ1n) is 6.67. The lowest BCUT2D eigenvalue weighted by Crippen LogP contribution is -2.39. The summed E-state index contributed by atoms with van der Waals surface area (Å²) in [7, 11) is 0. The molecule has 2 atom stereocenters. The number of aliphatic carboxylic acids is 1. The van der Waals surface area contributed by atoms with Crippen molar-refractivity contribution in [1.29, 1.82) is 0 Å². The molecule has 108 valence electrons. The lowest BCUT2D eigenvalue weighted by Gasteiger charge is -2.29. The Labute approximate surface area is 117 Å². The second-order valence-electron chi connectivity index (χ2n) is 5.32. The minimum atomic E-state index is -0.907. The van der Waals surface area contributed by atoms with E-state index < -0.39 is 17.8 Å². The minimum Gasteiger partial charge on any atom is -0.481 e. The fraction of sp³-hybridized carbons (Fsp3) is 0.467. The van der Waals surface area contributed by atoms with E-state index in [9.17, 15) is 14.7 Å². The summed E-state index contributed by atoms with van der Waals surface area (Å²) in [6, 6.07) is 3.52. The van der Waals surface area contributed by atoms with Gasteiger partial charge in [-0.3, -0.25) is 9.59 Å². The molecule has 2 N–H and O–H groups in total. The zero-order valence-electron chi connectivity index (χ0n) is 11.7. The number of allylic oxidation sites excluding steroid dienone is 2. The van der Waals surface area contributed by atoms with Crippen LogP contribution >= 0.6 is 0 Å². The Morgan fingerprint density at radius 1 is 1.30 bits per heavy atom. The molecule has 0 aliphatic heterocycles. The van der Waals surface area contributed by atoms with Crippen molar-refractivity contribution >= 4 is 11.9 Å². The molecule has 0 saturated carbocycles. The molecule has 0 aromatic carbocycles. The van der Waals surface area contributed by atoms with Gasteiger partial charge in [0, 0.05) is 0 Å². The maximum absolute atomic E-state index is 12.2. The van der Waals surface area contributed by atoms with E-state index in [0.29, 0.717) is 18.6 Å². The average Bonchev–Trinajstić information content (AvgIpc) is 2.91. The summed E-state index contributed by atoms with van der Waals surface area (Å²) < 4.78 is 5.14. The number of amides is 1. The summed E-state index contributed by atoms with van der Waals surface area (Å²) in [4.78, 5) is 23.6. The van der Waals surface area contributed by atoms with Crippen molar-refractivity contribution in [3.05, 3.63) is 35.3 Å². The van der Waals surface area contributed by atoms with Gasteiger partial charge in [-0.05, 0) is 38.8 Å². The van der Waals surface area contributed by atoms with Crippen molar-refractivity contribution in [3.8, 4) is 0 Å². The molecule has 0 spiro atoms. The first-order chi connectivity index (χ1) is 9.49. The molecule has 1 aliphatic rings. The van der Waals surface area contributed by atoms with Crippen LogP contribution in [0.25, 0.3) is 0 Å². The van der Waals surface area contributed by atoms with Crippen LogP contribution in [-0.4, -0.2) is 17.0 Å². The molecule has 0 unspecified atom stereocenters. The molecule has 1 amide bonds. The van der Waals surface area contributed by atoms with Gasteiger partial charge in [0.1, 0.15) is 5.76 Å². The van der Waals surface area contributed by atoms with Crippen LogP contribution in [0.3, 0.4) is 0 Å². The van der Waals surface area contributed by atoms with E-state index >= 15 is 0 Å². The van der Waals surface area contributed by atoms with E-state index in [-0.39, 0.29) is 12.5 Å². The van der Waals surface area contributed by atoms with Gasteiger partial charge >= 0.3 is 5.97 Å². The number of carbonyl (C=O) groups is 2. The molecule has 1 aromatic heterocycles.